The summed E-state index contributed by atoms with van der Waals surface area (Å²) in [6, 6.07) is -0.137. The number of aromatic hydroxyl groups is 1. The van der Waals surface area contributed by atoms with Crippen molar-refractivity contribution in [2.75, 3.05) is 0 Å². The van der Waals surface area contributed by atoms with E-state index in [1.54, 1.807) is 4.40 Å². The van der Waals surface area contributed by atoms with E-state index in [4.69, 9.17) is 11.6 Å². The number of halogens is 1. The highest BCUT2D eigenvalue weighted by Gasteiger charge is 2.23. The maximum absolute atomic E-state index is 9.79. The van der Waals surface area contributed by atoms with E-state index in [1.165, 1.54) is 25.5 Å². The molecule has 1 saturated carbocycles. The molecule has 2 aromatic rings. The Bertz CT molecular complexity index is 548. The Hall–Kier alpha value is -1.36. The summed E-state index contributed by atoms with van der Waals surface area (Å²) in [5.41, 5.74) is 0.625. The molecule has 6 heteroatoms. The molecule has 1 N–H and O–H groups in total. The molecule has 0 atom stereocenters. The Labute approximate surface area is 103 Å². The van der Waals surface area contributed by atoms with Gasteiger partial charge in [-0.15, -0.1) is 0 Å². The van der Waals surface area contributed by atoms with E-state index in [0.29, 0.717) is 16.6 Å². The number of hydrogen-bond acceptors (Lipinski definition) is 4. The fraction of sp³-hybridized carbons (Fsp3) is 0.545. The highest BCUT2D eigenvalue weighted by atomic mass is 35.5. The van der Waals surface area contributed by atoms with Crippen LogP contribution in [0.5, 0.6) is 6.01 Å². The van der Waals surface area contributed by atoms with Crippen LogP contribution in [0.15, 0.2) is 6.20 Å². The van der Waals surface area contributed by atoms with Gasteiger partial charge in [-0.25, -0.2) is 9.38 Å². The predicted molar refractivity (Wildman–Crippen MR) is 63.3 cm³/mol. The van der Waals surface area contributed by atoms with Crippen molar-refractivity contribution in [1.82, 2.24) is 19.6 Å². The molecule has 3 rings (SSSR count). The average molecular weight is 253 g/mol. The lowest BCUT2D eigenvalue weighted by atomic mass is 9.89. The molecule has 0 spiro atoms. The summed E-state index contributed by atoms with van der Waals surface area (Å²) >= 11 is 6.06. The van der Waals surface area contributed by atoms with Gasteiger partial charge in [0.2, 0.25) is 0 Å². The zero-order valence-electron chi connectivity index (χ0n) is 9.30. The molecule has 90 valence electrons. The van der Waals surface area contributed by atoms with Crippen molar-refractivity contribution in [2.24, 2.45) is 0 Å². The number of imidazole rings is 1. The SMILES string of the molecule is Oc1nncc2c(Cl)nc(C3CCCCC3)n12. The van der Waals surface area contributed by atoms with E-state index in [-0.39, 0.29) is 6.01 Å². The second-order valence-electron chi connectivity index (χ2n) is 4.46. The van der Waals surface area contributed by atoms with Crippen LogP contribution in [0.1, 0.15) is 43.8 Å². The van der Waals surface area contributed by atoms with E-state index in [9.17, 15) is 5.11 Å². The number of nitrogens with zero attached hydrogens (tertiary/aromatic N) is 4. The Kier molecular flexibility index (Phi) is 2.63. The van der Waals surface area contributed by atoms with Crippen molar-refractivity contribution in [1.29, 1.82) is 0 Å². The van der Waals surface area contributed by atoms with Crippen LogP contribution in [-0.4, -0.2) is 24.7 Å². The number of aromatic nitrogens is 4. The normalized spacial score (nSPS) is 17.7. The lowest BCUT2D eigenvalue weighted by molar-refractivity contribution is 0.391. The molecule has 1 fully saturated rings. The largest absolute Gasteiger partial charge is 0.479 e. The third-order valence-electron chi connectivity index (χ3n) is 3.39. The van der Waals surface area contributed by atoms with Crippen LogP contribution in [0.4, 0.5) is 0 Å². The monoisotopic (exact) mass is 252 g/mol. The first-order chi connectivity index (χ1) is 8.27. The van der Waals surface area contributed by atoms with Gasteiger partial charge in [0.25, 0.3) is 0 Å². The Morgan fingerprint density at radius 1 is 1.29 bits per heavy atom. The van der Waals surface area contributed by atoms with Gasteiger partial charge in [0, 0.05) is 5.92 Å². The molecular formula is C11H13ClN4O. The van der Waals surface area contributed by atoms with Gasteiger partial charge in [-0.05, 0) is 12.8 Å². The second-order valence-corrected chi connectivity index (χ2v) is 4.82. The van der Waals surface area contributed by atoms with Crippen molar-refractivity contribution < 1.29 is 5.11 Å². The molecule has 1 aliphatic carbocycles. The lowest BCUT2D eigenvalue weighted by Crippen LogP contribution is -2.09. The fourth-order valence-corrected chi connectivity index (χ4v) is 2.78. The van der Waals surface area contributed by atoms with Crippen molar-refractivity contribution in [3.63, 3.8) is 0 Å². The minimum atomic E-state index is -0.137. The quantitative estimate of drug-likeness (QED) is 0.847. The highest BCUT2D eigenvalue weighted by molar-refractivity contribution is 6.32. The Morgan fingerprint density at radius 2 is 2.06 bits per heavy atom. The molecule has 1 aliphatic rings. The molecule has 0 amide bonds. The zero-order valence-corrected chi connectivity index (χ0v) is 10.1. The molecule has 2 heterocycles. The predicted octanol–water partition coefficient (Wildman–Crippen LogP) is 2.53. The van der Waals surface area contributed by atoms with E-state index in [2.05, 4.69) is 15.2 Å². The number of hydrogen-bond donors (Lipinski definition) is 1. The van der Waals surface area contributed by atoms with Crippen molar-refractivity contribution in [3.05, 3.63) is 17.2 Å². The topological polar surface area (TPSA) is 63.3 Å². The minimum Gasteiger partial charge on any atom is -0.479 e. The highest BCUT2D eigenvalue weighted by Crippen LogP contribution is 2.34. The summed E-state index contributed by atoms with van der Waals surface area (Å²) in [6.07, 6.45) is 7.40. The molecule has 17 heavy (non-hydrogen) atoms. The van der Waals surface area contributed by atoms with Crippen LogP contribution in [-0.2, 0) is 0 Å². The Morgan fingerprint density at radius 3 is 2.82 bits per heavy atom. The molecule has 0 radical (unpaired) electrons. The average Bonchev–Trinajstić information content (AvgIpc) is 2.70. The molecule has 0 bridgehead atoms. The number of fused-ring (bicyclic) bond motifs is 1. The van der Waals surface area contributed by atoms with E-state index in [0.717, 1.165) is 18.7 Å². The summed E-state index contributed by atoms with van der Waals surface area (Å²) < 4.78 is 1.62. The number of rotatable bonds is 1. The molecule has 0 aromatic carbocycles. The van der Waals surface area contributed by atoms with Gasteiger partial charge in [0.05, 0.1) is 6.20 Å². The van der Waals surface area contributed by atoms with Gasteiger partial charge < -0.3 is 5.11 Å². The van der Waals surface area contributed by atoms with Crippen LogP contribution >= 0.6 is 11.6 Å². The third-order valence-corrected chi connectivity index (χ3v) is 3.67. The summed E-state index contributed by atoms with van der Waals surface area (Å²) in [5.74, 6) is 1.18. The van der Waals surface area contributed by atoms with E-state index >= 15 is 0 Å². The van der Waals surface area contributed by atoms with E-state index < -0.39 is 0 Å². The molecule has 5 nitrogen and oxygen atoms in total. The third kappa shape index (κ3) is 1.74. The molecule has 0 aliphatic heterocycles. The van der Waals surface area contributed by atoms with Crippen LogP contribution in [0.3, 0.4) is 0 Å². The molecule has 0 saturated heterocycles. The second kappa shape index (κ2) is 4.14. The summed E-state index contributed by atoms with van der Waals surface area (Å²) in [4.78, 5) is 4.36. The van der Waals surface area contributed by atoms with Crippen LogP contribution in [0.2, 0.25) is 5.15 Å². The minimum absolute atomic E-state index is 0.137. The fourth-order valence-electron chi connectivity index (χ4n) is 2.56. The zero-order chi connectivity index (χ0) is 11.8. The first-order valence-corrected chi connectivity index (χ1v) is 6.23. The maximum atomic E-state index is 9.79. The van der Waals surface area contributed by atoms with Crippen molar-refractivity contribution in [3.8, 4) is 6.01 Å². The molecular weight excluding hydrogens is 240 g/mol. The van der Waals surface area contributed by atoms with Gasteiger partial charge in [-0.3, -0.25) is 0 Å². The Balaban J connectivity index is 2.15. The first-order valence-electron chi connectivity index (χ1n) is 5.86. The first kappa shape index (κ1) is 10.8. The maximum Gasteiger partial charge on any atom is 0.319 e. The van der Waals surface area contributed by atoms with Gasteiger partial charge in [0.15, 0.2) is 5.15 Å². The summed E-state index contributed by atoms with van der Waals surface area (Å²) in [5, 5.41) is 17.5. The van der Waals surface area contributed by atoms with Gasteiger partial charge in [-0.1, -0.05) is 36.0 Å². The van der Waals surface area contributed by atoms with Gasteiger partial charge >= 0.3 is 6.01 Å². The molecule has 2 aromatic heterocycles. The smallest absolute Gasteiger partial charge is 0.319 e. The standard InChI is InChI=1S/C11H13ClN4O/c12-9-8-6-13-15-11(17)16(8)10(14-9)7-4-2-1-3-5-7/h6-7H,1-5H2,(H,15,17). The van der Waals surface area contributed by atoms with Crippen LogP contribution in [0, 0.1) is 0 Å². The molecule has 0 unspecified atom stereocenters. The van der Waals surface area contributed by atoms with Crippen LogP contribution in [0.25, 0.3) is 5.52 Å². The van der Waals surface area contributed by atoms with Crippen molar-refractivity contribution in [2.45, 2.75) is 38.0 Å². The van der Waals surface area contributed by atoms with Gasteiger partial charge in [-0.2, -0.15) is 5.10 Å². The van der Waals surface area contributed by atoms with E-state index in [1.807, 2.05) is 0 Å². The summed E-state index contributed by atoms with van der Waals surface area (Å²) in [7, 11) is 0. The summed E-state index contributed by atoms with van der Waals surface area (Å²) in [6.45, 7) is 0. The van der Waals surface area contributed by atoms with Crippen LogP contribution < -0.4 is 0 Å². The lowest BCUT2D eigenvalue weighted by Gasteiger charge is -2.20. The van der Waals surface area contributed by atoms with Gasteiger partial charge in [0.1, 0.15) is 11.3 Å². The van der Waals surface area contributed by atoms with Crippen molar-refractivity contribution >= 4 is 17.1 Å².